The molecule has 6 rings (SSSR count). The van der Waals surface area contributed by atoms with Crippen LogP contribution in [0.5, 0.6) is 0 Å². The number of aromatic nitrogens is 2. The molecule has 0 bridgehead atoms. The Labute approximate surface area is 183 Å². The highest BCUT2D eigenvalue weighted by molar-refractivity contribution is 7.13. The summed E-state index contributed by atoms with van der Waals surface area (Å²) in [6, 6.07) is 13.4. The highest BCUT2D eigenvalue weighted by Gasteiger charge is 2.41. The first-order chi connectivity index (χ1) is 15.2. The van der Waals surface area contributed by atoms with Crippen molar-refractivity contribution in [1.29, 1.82) is 0 Å². The molecule has 0 radical (unpaired) electrons. The Balaban J connectivity index is 1.50. The van der Waals surface area contributed by atoms with Crippen molar-refractivity contribution < 1.29 is 9.59 Å². The molecule has 2 aliphatic rings. The fourth-order valence-electron chi connectivity index (χ4n) is 4.84. The largest absolute Gasteiger partial charge is 0.337 e. The molecule has 1 unspecified atom stereocenters. The number of benzene rings is 2. The van der Waals surface area contributed by atoms with E-state index in [0.717, 1.165) is 40.6 Å². The quantitative estimate of drug-likeness (QED) is 0.433. The second-order valence-electron chi connectivity index (χ2n) is 7.92. The highest BCUT2D eigenvalue weighted by Crippen LogP contribution is 2.39. The van der Waals surface area contributed by atoms with Crippen LogP contribution in [-0.2, 0) is 0 Å². The maximum absolute atomic E-state index is 13.7. The normalized spacial score (nSPS) is 19.4. The smallest absolute Gasteiger partial charge is 0.276 e. The molecule has 1 saturated heterocycles. The van der Waals surface area contributed by atoms with Crippen LogP contribution in [0.2, 0.25) is 0 Å². The van der Waals surface area contributed by atoms with Gasteiger partial charge in [0.25, 0.3) is 11.8 Å². The molecule has 154 valence electrons. The molecule has 0 spiro atoms. The number of hydrogen-bond donors (Lipinski definition) is 0. The Morgan fingerprint density at radius 2 is 1.68 bits per heavy atom. The molecule has 4 heterocycles. The Morgan fingerprint density at radius 1 is 0.903 bits per heavy atom. The molecule has 0 N–H and O–H groups in total. The molecule has 2 aromatic heterocycles. The Hall–Kier alpha value is -3.29. The zero-order valence-electron chi connectivity index (χ0n) is 16.8. The molecule has 7 heteroatoms. The summed E-state index contributed by atoms with van der Waals surface area (Å²) in [4.78, 5) is 31.8. The SMILES string of the molecule is O=C1c2cccc3c(-c4nccs4)ccc(c23)C(=O)N1N1CCCCC1n1cccc1. The number of hydrazine groups is 1. The standard InChI is InChI=1S/C24H20N4O2S/c29-23-18-7-5-6-16-17(22-25-11-15-31-22)9-10-19(21(16)18)24(30)28(23)27-14-2-1-8-20(27)26-12-3-4-13-26/h3-7,9-13,15,20H,1-2,8,14H2. The topological polar surface area (TPSA) is 58.4 Å². The highest BCUT2D eigenvalue weighted by atomic mass is 32.1. The molecule has 2 aliphatic heterocycles. The predicted molar refractivity (Wildman–Crippen MR) is 120 cm³/mol. The van der Waals surface area contributed by atoms with Crippen LogP contribution < -0.4 is 0 Å². The minimum atomic E-state index is -0.251. The summed E-state index contributed by atoms with van der Waals surface area (Å²) in [7, 11) is 0. The van der Waals surface area contributed by atoms with E-state index in [1.54, 1.807) is 17.5 Å². The van der Waals surface area contributed by atoms with Crippen molar-refractivity contribution >= 4 is 33.9 Å². The monoisotopic (exact) mass is 428 g/mol. The van der Waals surface area contributed by atoms with E-state index in [1.807, 2.05) is 65.2 Å². The second-order valence-corrected chi connectivity index (χ2v) is 8.81. The summed E-state index contributed by atoms with van der Waals surface area (Å²) in [5.41, 5.74) is 2.09. The lowest BCUT2D eigenvalue weighted by Gasteiger charge is -2.43. The van der Waals surface area contributed by atoms with E-state index in [1.165, 1.54) is 5.01 Å². The van der Waals surface area contributed by atoms with Gasteiger partial charge in [-0.15, -0.1) is 11.3 Å². The minimum absolute atomic E-state index is 0.0491. The lowest BCUT2D eigenvalue weighted by Crippen LogP contribution is -2.55. The van der Waals surface area contributed by atoms with E-state index in [9.17, 15) is 9.59 Å². The van der Waals surface area contributed by atoms with Gasteiger partial charge in [-0.05, 0) is 48.9 Å². The van der Waals surface area contributed by atoms with Crippen LogP contribution >= 0.6 is 11.3 Å². The Kier molecular flexibility index (Phi) is 4.26. The summed E-state index contributed by atoms with van der Waals surface area (Å²) in [6.45, 7) is 0.669. The number of carbonyl (C=O) groups excluding carboxylic acids is 2. The van der Waals surface area contributed by atoms with Gasteiger partial charge in [0.15, 0.2) is 0 Å². The summed E-state index contributed by atoms with van der Waals surface area (Å²) < 4.78 is 2.08. The van der Waals surface area contributed by atoms with Crippen LogP contribution in [0.4, 0.5) is 0 Å². The number of amides is 2. The van der Waals surface area contributed by atoms with E-state index < -0.39 is 0 Å². The average Bonchev–Trinajstić information content (AvgIpc) is 3.52. The predicted octanol–water partition coefficient (Wildman–Crippen LogP) is 4.96. The van der Waals surface area contributed by atoms with Gasteiger partial charge in [0, 0.05) is 41.5 Å². The molecule has 1 atom stereocenters. The lowest BCUT2D eigenvalue weighted by molar-refractivity contribution is -0.0607. The maximum Gasteiger partial charge on any atom is 0.276 e. The maximum atomic E-state index is 13.7. The number of imide groups is 1. The van der Waals surface area contributed by atoms with E-state index >= 15 is 0 Å². The van der Waals surface area contributed by atoms with Gasteiger partial charge in [-0.3, -0.25) is 9.59 Å². The number of carbonyl (C=O) groups is 2. The van der Waals surface area contributed by atoms with E-state index in [0.29, 0.717) is 17.7 Å². The molecule has 31 heavy (non-hydrogen) atoms. The number of rotatable bonds is 3. The molecule has 1 fully saturated rings. The summed E-state index contributed by atoms with van der Waals surface area (Å²) in [5, 5.41) is 7.77. The van der Waals surface area contributed by atoms with Gasteiger partial charge in [-0.1, -0.05) is 18.2 Å². The van der Waals surface area contributed by atoms with Gasteiger partial charge in [0.05, 0.1) is 11.1 Å². The third kappa shape index (κ3) is 2.77. The van der Waals surface area contributed by atoms with Crippen molar-refractivity contribution in [3.63, 3.8) is 0 Å². The van der Waals surface area contributed by atoms with Crippen molar-refractivity contribution in [3.8, 4) is 10.6 Å². The Morgan fingerprint density at radius 3 is 2.45 bits per heavy atom. The van der Waals surface area contributed by atoms with Crippen molar-refractivity contribution in [2.45, 2.75) is 25.4 Å². The van der Waals surface area contributed by atoms with Gasteiger partial charge < -0.3 is 4.57 Å². The Bertz CT molecular complexity index is 1270. The zero-order chi connectivity index (χ0) is 20.9. The van der Waals surface area contributed by atoms with E-state index in [2.05, 4.69) is 9.55 Å². The lowest BCUT2D eigenvalue weighted by atomic mass is 9.92. The third-order valence-corrected chi connectivity index (χ3v) is 7.03. The van der Waals surface area contributed by atoms with Crippen LogP contribution in [0.1, 0.15) is 46.1 Å². The van der Waals surface area contributed by atoms with Gasteiger partial charge in [-0.2, -0.15) is 10.0 Å². The summed E-state index contributed by atoms with van der Waals surface area (Å²) in [6.07, 6.45) is 8.63. The van der Waals surface area contributed by atoms with Crippen molar-refractivity contribution in [3.05, 3.63) is 77.6 Å². The first-order valence-corrected chi connectivity index (χ1v) is 11.4. The second kappa shape index (κ2) is 7.14. The van der Waals surface area contributed by atoms with Crippen LogP contribution in [0.25, 0.3) is 21.3 Å². The van der Waals surface area contributed by atoms with Gasteiger partial charge >= 0.3 is 0 Å². The summed E-state index contributed by atoms with van der Waals surface area (Å²) >= 11 is 1.55. The first-order valence-electron chi connectivity index (χ1n) is 10.5. The molecule has 4 aromatic rings. The van der Waals surface area contributed by atoms with Gasteiger partial charge in [0.1, 0.15) is 11.2 Å². The van der Waals surface area contributed by atoms with E-state index in [-0.39, 0.29) is 18.0 Å². The van der Waals surface area contributed by atoms with Crippen LogP contribution in [0.3, 0.4) is 0 Å². The fraction of sp³-hybridized carbons (Fsp3) is 0.208. The zero-order valence-corrected chi connectivity index (χ0v) is 17.6. The average molecular weight is 429 g/mol. The number of hydrogen-bond acceptors (Lipinski definition) is 5. The first kappa shape index (κ1) is 18.5. The van der Waals surface area contributed by atoms with Crippen LogP contribution in [0.15, 0.2) is 66.4 Å². The van der Waals surface area contributed by atoms with Crippen LogP contribution in [-0.4, -0.2) is 37.9 Å². The van der Waals surface area contributed by atoms with Crippen molar-refractivity contribution in [2.75, 3.05) is 6.54 Å². The molecule has 2 amide bonds. The number of piperidine rings is 1. The number of nitrogens with zero attached hydrogens (tertiary/aromatic N) is 4. The molecule has 0 aliphatic carbocycles. The van der Waals surface area contributed by atoms with E-state index in [4.69, 9.17) is 0 Å². The van der Waals surface area contributed by atoms with Gasteiger partial charge in [0.2, 0.25) is 0 Å². The third-order valence-electron chi connectivity index (χ3n) is 6.22. The van der Waals surface area contributed by atoms with Crippen molar-refractivity contribution in [2.24, 2.45) is 0 Å². The summed E-state index contributed by atoms with van der Waals surface area (Å²) in [5.74, 6) is -0.503. The minimum Gasteiger partial charge on any atom is -0.337 e. The molecule has 6 nitrogen and oxygen atoms in total. The van der Waals surface area contributed by atoms with Gasteiger partial charge in [-0.25, -0.2) is 4.98 Å². The molecular formula is C24H20N4O2S. The van der Waals surface area contributed by atoms with Crippen LogP contribution in [0, 0.1) is 0 Å². The molecule has 0 saturated carbocycles. The number of thiazole rings is 1. The van der Waals surface area contributed by atoms with Crippen molar-refractivity contribution in [1.82, 2.24) is 19.6 Å². The fourth-order valence-corrected chi connectivity index (χ4v) is 5.52. The molecule has 2 aromatic carbocycles. The molecular weight excluding hydrogens is 408 g/mol.